The van der Waals surface area contributed by atoms with Crippen LogP contribution in [0.4, 0.5) is 0 Å². The Morgan fingerprint density at radius 3 is 2.62 bits per heavy atom. The van der Waals surface area contributed by atoms with Gasteiger partial charge in [-0.05, 0) is 33.1 Å². The molecule has 1 saturated heterocycles. The van der Waals surface area contributed by atoms with E-state index in [9.17, 15) is 9.00 Å². The third kappa shape index (κ3) is 3.56. The Bertz CT molecular complexity index is 288. The van der Waals surface area contributed by atoms with Gasteiger partial charge in [0, 0.05) is 10.8 Å². The molecule has 0 amide bonds. The Labute approximate surface area is 98.8 Å². The number of carboxylic acid groups (broad SMARTS) is 1. The van der Waals surface area contributed by atoms with Crippen LogP contribution in [0.2, 0.25) is 0 Å². The van der Waals surface area contributed by atoms with E-state index in [1.54, 1.807) is 6.92 Å². The summed E-state index contributed by atoms with van der Waals surface area (Å²) in [4.78, 5) is 10.8. The second kappa shape index (κ2) is 5.27. The van der Waals surface area contributed by atoms with Crippen molar-refractivity contribution in [2.45, 2.75) is 57.0 Å². The van der Waals surface area contributed by atoms with E-state index in [1.165, 1.54) is 0 Å². The molecular weight excluding hydrogens is 228 g/mol. The van der Waals surface area contributed by atoms with Crippen LogP contribution in [0.1, 0.15) is 40.0 Å². The molecule has 0 radical (unpaired) electrons. The molecule has 1 aliphatic rings. The summed E-state index contributed by atoms with van der Waals surface area (Å²) in [7, 11) is -1.34. The summed E-state index contributed by atoms with van der Waals surface area (Å²) in [6.45, 7) is 5.75. The van der Waals surface area contributed by atoms with Crippen molar-refractivity contribution in [2.24, 2.45) is 0 Å². The highest BCUT2D eigenvalue weighted by molar-refractivity contribution is 7.86. The fraction of sp³-hybridized carbons (Fsp3) is 0.909. The van der Waals surface area contributed by atoms with E-state index in [0.717, 1.165) is 12.8 Å². The number of hydrogen-bond acceptors (Lipinski definition) is 3. The lowest BCUT2D eigenvalue weighted by Gasteiger charge is -2.19. The molecule has 1 heterocycles. The molecule has 5 heteroatoms. The maximum atomic E-state index is 11.8. The lowest BCUT2D eigenvalue weighted by molar-refractivity contribution is -0.136. The lowest BCUT2D eigenvalue weighted by Crippen LogP contribution is -2.31. The molecule has 0 bridgehead atoms. The van der Waals surface area contributed by atoms with Crippen molar-refractivity contribution in [2.75, 3.05) is 5.75 Å². The zero-order valence-corrected chi connectivity index (χ0v) is 10.9. The highest BCUT2D eigenvalue weighted by Crippen LogP contribution is 2.30. The molecular formula is C11H20O4S. The molecule has 0 aliphatic carbocycles. The van der Waals surface area contributed by atoms with Crippen molar-refractivity contribution in [3.63, 3.8) is 0 Å². The molecule has 1 fully saturated rings. The third-order valence-electron chi connectivity index (χ3n) is 2.87. The number of carboxylic acids is 1. The van der Waals surface area contributed by atoms with Crippen LogP contribution in [-0.4, -0.2) is 38.0 Å². The highest BCUT2D eigenvalue weighted by atomic mass is 32.2. The zero-order valence-electron chi connectivity index (χ0n) is 10.1. The average Bonchev–Trinajstić information content (AvgIpc) is 2.45. The molecule has 4 nitrogen and oxygen atoms in total. The van der Waals surface area contributed by atoms with Crippen LogP contribution in [-0.2, 0) is 20.3 Å². The van der Waals surface area contributed by atoms with Gasteiger partial charge in [-0.3, -0.25) is 9.00 Å². The molecule has 0 aromatic carbocycles. The minimum absolute atomic E-state index is 0.0516. The fourth-order valence-corrected chi connectivity index (χ4v) is 3.40. The molecule has 1 rings (SSSR count). The van der Waals surface area contributed by atoms with E-state index in [0.29, 0.717) is 12.2 Å². The van der Waals surface area contributed by atoms with Crippen LogP contribution in [0.25, 0.3) is 0 Å². The van der Waals surface area contributed by atoms with Crippen molar-refractivity contribution < 1.29 is 18.8 Å². The monoisotopic (exact) mass is 248 g/mol. The van der Waals surface area contributed by atoms with E-state index in [1.807, 2.05) is 13.8 Å². The second-order valence-electron chi connectivity index (χ2n) is 4.82. The Balaban J connectivity index is 2.49. The van der Waals surface area contributed by atoms with E-state index < -0.39 is 22.0 Å². The topological polar surface area (TPSA) is 63.6 Å². The van der Waals surface area contributed by atoms with Gasteiger partial charge in [-0.25, -0.2) is 0 Å². The van der Waals surface area contributed by atoms with Gasteiger partial charge < -0.3 is 9.84 Å². The lowest BCUT2D eigenvalue weighted by atomic mass is 10.1. The zero-order chi connectivity index (χ0) is 12.3. The molecule has 3 atom stereocenters. The van der Waals surface area contributed by atoms with Gasteiger partial charge in [0.2, 0.25) is 0 Å². The van der Waals surface area contributed by atoms with Gasteiger partial charge >= 0.3 is 5.97 Å². The molecule has 0 spiro atoms. The normalized spacial score (nSPS) is 27.6. The van der Waals surface area contributed by atoms with Crippen LogP contribution in [0.3, 0.4) is 0 Å². The van der Waals surface area contributed by atoms with E-state index in [4.69, 9.17) is 9.84 Å². The summed E-state index contributed by atoms with van der Waals surface area (Å²) < 4.78 is 17.5. The van der Waals surface area contributed by atoms with Crippen LogP contribution in [0.15, 0.2) is 0 Å². The highest BCUT2D eigenvalue weighted by Gasteiger charge is 2.34. The second-order valence-corrected chi connectivity index (χ2v) is 6.48. The van der Waals surface area contributed by atoms with Gasteiger partial charge in [0.1, 0.15) is 5.25 Å². The van der Waals surface area contributed by atoms with Crippen LogP contribution < -0.4 is 0 Å². The Morgan fingerprint density at radius 1 is 1.62 bits per heavy atom. The summed E-state index contributed by atoms with van der Waals surface area (Å²) in [5.74, 6) is -0.632. The van der Waals surface area contributed by atoms with Crippen molar-refractivity contribution >= 4 is 16.8 Å². The third-order valence-corrected chi connectivity index (χ3v) is 4.74. The minimum Gasteiger partial charge on any atom is -0.480 e. The first-order valence-electron chi connectivity index (χ1n) is 5.63. The average molecular weight is 248 g/mol. The van der Waals surface area contributed by atoms with Crippen molar-refractivity contribution in [1.29, 1.82) is 0 Å². The molecule has 16 heavy (non-hydrogen) atoms. The summed E-state index contributed by atoms with van der Waals surface area (Å²) in [6, 6.07) is 0. The fourth-order valence-electron chi connectivity index (χ4n) is 1.97. The summed E-state index contributed by atoms with van der Waals surface area (Å²) >= 11 is 0. The quantitative estimate of drug-likeness (QED) is 0.802. The smallest absolute Gasteiger partial charge is 0.319 e. The Morgan fingerprint density at radius 2 is 2.25 bits per heavy atom. The number of ether oxygens (including phenoxy) is 1. The van der Waals surface area contributed by atoms with Gasteiger partial charge in [-0.15, -0.1) is 0 Å². The largest absolute Gasteiger partial charge is 0.480 e. The summed E-state index contributed by atoms with van der Waals surface area (Å²) in [6.07, 6.45) is 2.16. The first-order valence-corrected chi connectivity index (χ1v) is 7.01. The van der Waals surface area contributed by atoms with Crippen LogP contribution in [0.5, 0.6) is 0 Å². The predicted molar refractivity (Wildman–Crippen MR) is 62.9 cm³/mol. The van der Waals surface area contributed by atoms with Gasteiger partial charge in [0.15, 0.2) is 0 Å². The van der Waals surface area contributed by atoms with E-state index in [2.05, 4.69) is 0 Å². The Kier molecular flexibility index (Phi) is 4.50. The van der Waals surface area contributed by atoms with Gasteiger partial charge in [-0.2, -0.15) is 0 Å². The molecule has 0 saturated carbocycles. The van der Waals surface area contributed by atoms with Crippen molar-refractivity contribution in [3.05, 3.63) is 0 Å². The molecule has 1 N–H and O–H groups in total. The number of carbonyl (C=O) groups is 1. The van der Waals surface area contributed by atoms with Crippen molar-refractivity contribution in [3.8, 4) is 0 Å². The van der Waals surface area contributed by atoms with Gasteiger partial charge in [0.05, 0.1) is 17.5 Å². The standard InChI is InChI=1S/C11H20O4S/c1-4-9(10(12)13)16(14)7-8-5-6-11(2,3)15-8/h8-9H,4-7H2,1-3H3,(H,12,13). The number of aliphatic carboxylic acids is 1. The number of hydrogen-bond donors (Lipinski definition) is 1. The SMILES string of the molecule is CCC(C(=O)O)S(=O)CC1CCC(C)(C)O1. The molecule has 94 valence electrons. The van der Waals surface area contributed by atoms with Gasteiger partial charge in [-0.1, -0.05) is 6.92 Å². The summed E-state index contributed by atoms with van der Waals surface area (Å²) in [5, 5.41) is 8.13. The van der Waals surface area contributed by atoms with Crippen LogP contribution >= 0.6 is 0 Å². The molecule has 0 aromatic heterocycles. The first-order chi connectivity index (χ1) is 7.35. The van der Waals surface area contributed by atoms with E-state index in [-0.39, 0.29) is 11.7 Å². The molecule has 1 aliphatic heterocycles. The van der Waals surface area contributed by atoms with Gasteiger partial charge in [0.25, 0.3) is 0 Å². The number of rotatable bonds is 5. The first kappa shape index (κ1) is 13.6. The predicted octanol–water partition coefficient (Wildman–Crippen LogP) is 1.56. The molecule has 3 unspecified atom stereocenters. The van der Waals surface area contributed by atoms with E-state index >= 15 is 0 Å². The van der Waals surface area contributed by atoms with Crippen molar-refractivity contribution in [1.82, 2.24) is 0 Å². The maximum absolute atomic E-state index is 11.8. The molecule has 0 aromatic rings. The minimum atomic E-state index is -1.34. The Hall–Kier alpha value is -0.420. The summed E-state index contributed by atoms with van der Waals surface area (Å²) in [5.41, 5.74) is -0.153. The van der Waals surface area contributed by atoms with Crippen LogP contribution in [0, 0.1) is 0 Å². The maximum Gasteiger partial charge on any atom is 0.319 e.